The fraction of sp³-hybridized carbons (Fsp3) is 0.0392. The van der Waals surface area contributed by atoms with Crippen molar-refractivity contribution < 1.29 is 4.42 Å². The lowest BCUT2D eigenvalue weighted by Crippen LogP contribution is -2.10. The van der Waals surface area contributed by atoms with Gasteiger partial charge in [0.25, 0.3) is 0 Å². The number of para-hydroxylation sites is 2. The van der Waals surface area contributed by atoms with Crippen LogP contribution in [-0.4, -0.2) is 5.71 Å². The SMILES string of the molecule is c1ccc(C2=Nc3cc(-c4ccc(N(c5ccccc5)c5ccc6c(c5)C(c5ccccc5)c5ccccc5-6)cc4)c4oc5ccccc5c4c3C2)cc1. The summed E-state index contributed by atoms with van der Waals surface area (Å²) < 4.78 is 6.68. The molecule has 54 heavy (non-hydrogen) atoms. The molecule has 2 heterocycles. The Morgan fingerprint density at radius 2 is 1.15 bits per heavy atom. The molecule has 2 aliphatic rings. The van der Waals surface area contributed by atoms with E-state index in [0.717, 1.165) is 73.5 Å². The molecule has 0 spiro atoms. The van der Waals surface area contributed by atoms with Crippen LogP contribution in [-0.2, 0) is 6.42 Å². The minimum absolute atomic E-state index is 0.174. The summed E-state index contributed by atoms with van der Waals surface area (Å²) >= 11 is 0. The fourth-order valence-corrected chi connectivity index (χ4v) is 8.75. The molecule has 0 N–H and O–H groups in total. The summed E-state index contributed by atoms with van der Waals surface area (Å²) in [6.07, 6.45) is 0.779. The molecule has 3 heteroatoms. The number of aliphatic imine (C=N–C) groups is 1. The quantitative estimate of drug-likeness (QED) is 0.174. The molecule has 0 saturated heterocycles. The van der Waals surface area contributed by atoms with E-state index in [0.29, 0.717) is 0 Å². The molecule has 0 amide bonds. The molecule has 1 atom stereocenters. The van der Waals surface area contributed by atoms with Crippen molar-refractivity contribution in [3.05, 3.63) is 216 Å². The van der Waals surface area contributed by atoms with Gasteiger partial charge in [-0.15, -0.1) is 0 Å². The topological polar surface area (TPSA) is 28.7 Å². The van der Waals surface area contributed by atoms with Crippen LogP contribution >= 0.6 is 0 Å². The largest absolute Gasteiger partial charge is 0.455 e. The maximum atomic E-state index is 6.68. The second-order valence-corrected chi connectivity index (χ2v) is 14.2. The van der Waals surface area contributed by atoms with E-state index in [1.807, 2.05) is 6.07 Å². The monoisotopic (exact) mass is 690 g/mol. The lowest BCUT2D eigenvalue weighted by molar-refractivity contribution is 0.670. The van der Waals surface area contributed by atoms with Gasteiger partial charge < -0.3 is 9.32 Å². The van der Waals surface area contributed by atoms with Gasteiger partial charge in [0.15, 0.2) is 0 Å². The van der Waals surface area contributed by atoms with Crippen LogP contribution in [0.1, 0.15) is 33.7 Å². The minimum Gasteiger partial charge on any atom is -0.455 e. The molecule has 3 nitrogen and oxygen atoms in total. The fourth-order valence-electron chi connectivity index (χ4n) is 8.75. The molecule has 1 aliphatic heterocycles. The molecule has 9 aromatic rings. The van der Waals surface area contributed by atoms with E-state index in [4.69, 9.17) is 9.41 Å². The van der Waals surface area contributed by atoms with Crippen molar-refractivity contribution >= 4 is 50.4 Å². The van der Waals surface area contributed by atoms with Crippen LogP contribution in [0.25, 0.3) is 44.2 Å². The summed E-state index contributed by atoms with van der Waals surface area (Å²) in [5, 5.41) is 2.30. The first-order valence-corrected chi connectivity index (χ1v) is 18.6. The number of fused-ring (bicyclic) bond motifs is 8. The number of hydrogen-bond donors (Lipinski definition) is 0. The molecule has 1 unspecified atom stereocenters. The average Bonchev–Trinajstić information content (AvgIpc) is 3.94. The highest BCUT2D eigenvalue weighted by Gasteiger charge is 2.31. The van der Waals surface area contributed by atoms with Crippen LogP contribution in [0.3, 0.4) is 0 Å². The molecule has 1 aromatic heterocycles. The van der Waals surface area contributed by atoms with Crippen molar-refractivity contribution in [2.45, 2.75) is 12.3 Å². The van der Waals surface area contributed by atoms with Crippen molar-refractivity contribution in [2.24, 2.45) is 4.99 Å². The van der Waals surface area contributed by atoms with E-state index in [1.165, 1.54) is 33.4 Å². The first kappa shape index (κ1) is 30.6. The van der Waals surface area contributed by atoms with Crippen molar-refractivity contribution in [3.8, 4) is 22.3 Å². The molecular formula is C51H34N2O. The van der Waals surface area contributed by atoms with E-state index >= 15 is 0 Å². The summed E-state index contributed by atoms with van der Waals surface area (Å²) in [5.74, 6) is 0.174. The van der Waals surface area contributed by atoms with Gasteiger partial charge >= 0.3 is 0 Å². The van der Waals surface area contributed by atoms with E-state index in [-0.39, 0.29) is 5.92 Å². The number of benzene rings is 8. The number of hydrogen-bond acceptors (Lipinski definition) is 3. The maximum Gasteiger partial charge on any atom is 0.143 e. The molecule has 0 bridgehead atoms. The van der Waals surface area contributed by atoms with Crippen LogP contribution in [0.15, 0.2) is 197 Å². The lowest BCUT2D eigenvalue weighted by Gasteiger charge is -2.27. The summed E-state index contributed by atoms with van der Waals surface area (Å²) in [7, 11) is 0. The molecular weight excluding hydrogens is 657 g/mol. The van der Waals surface area contributed by atoms with E-state index in [2.05, 4.69) is 187 Å². The Labute approximate surface area is 314 Å². The van der Waals surface area contributed by atoms with Crippen LogP contribution in [0.4, 0.5) is 22.7 Å². The van der Waals surface area contributed by atoms with Crippen LogP contribution in [0.2, 0.25) is 0 Å². The van der Waals surface area contributed by atoms with Crippen LogP contribution in [0, 0.1) is 0 Å². The minimum atomic E-state index is 0.174. The highest BCUT2D eigenvalue weighted by Crippen LogP contribution is 2.51. The van der Waals surface area contributed by atoms with Crippen molar-refractivity contribution in [1.29, 1.82) is 0 Å². The van der Waals surface area contributed by atoms with Gasteiger partial charge in [0.1, 0.15) is 11.2 Å². The Morgan fingerprint density at radius 1 is 0.500 bits per heavy atom. The van der Waals surface area contributed by atoms with Gasteiger partial charge in [0.2, 0.25) is 0 Å². The van der Waals surface area contributed by atoms with Crippen LogP contribution < -0.4 is 4.90 Å². The standard InChI is InChI=1S/C51H34N2O/c1-4-14-34(15-5-1)46-32-45-47(52-46)31-43(51-50(45)42-22-12-13-23-48(42)54-51)33-24-26-37(27-25-33)53(36-18-8-3-9-19-36)38-28-29-40-39-20-10-11-21-41(39)49(44(40)30-38)35-16-6-2-7-17-35/h1-31,49H,32H2. The first-order valence-electron chi connectivity index (χ1n) is 18.6. The number of furan rings is 1. The molecule has 11 rings (SSSR count). The van der Waals surface area contributed by atoms with Crippen molar-refractivity contribution in [2.75, 3.05) is 4.90 Å². The number of nitrogens with zero attached hydrogens (tertiary/aromatic N) is 2. The zero-order valence-corrected chi connectivity index (χ0v) is 29.5. The molecule has 0 fully saturated rings. The normalized spacial score (nSPS) is 14.1. The van der Waals surface area contributed by atoms with Gasteiger partial charge in [-0.1, -0.05) is 140 Å². The lowest BCUT2D eigenvalue weighted by atomic mass is 9.89. The van der Waals surface area contributed by atoms with Crippen molar-refractivity contribution in [3.63, 3.8) is 0 Å². The van der Waals surface area contributed by atoms with E-state index in [9.17, 15) is 0 Å². The molecule has 0 radical (unpaired) electrons. The molecule has 8 aromatic carbocycles. The zero-order chi connectivity index (χ0) is 35.6. The molecule has 254 valence electrons. The van der Waals surface area contributed by atoms with Gasteiger partial charge in [-0.05, 0) is 93.0 Å². The Morgan fingerprint density at radius 3 is 1.96 bits per heavy atom. The number of rotatable bonds is 6. The Hall–Kier alpha value is -6.97. The second-order valence-electron chi connectivity index (χ2n) is 14.2. The van der Waals surface area contributed by atoms with Gasteiger partial charge in [-0.3, -0.25) is 4.99 Å². The summed E-state index contributed by atoms with van der Waals surface area (Å²) in [5.41, 5.74) is 18.4. The molecule has 0 saturated carbocycles. The third-order valence-corrected chi connectivity index (χ3v) is 11.2. The zero-order valence-electron chi connectivity index (χ0n) is 29.5. The van der Waals surface area contributed by atoms with Gasteiger partial charge in [0.05, 0.1) is 11.4 Å². The van der Waals surface area contributed by atoms with Gasteiger partial charge in [-0.25, -0.2) is 0 Å². The Kier molecular flexibility index (Phi) is 6.99. The third-order valence-electron chi connectivity index (χ3n) is 11.2. The first-order chi connectivity index (χ1) is 26.8. The highest BCUT2D eigenvalue weighted by atomic mass is 16.3. The van der Waals surface area contributed by atoms with E-state index in [1.54, 1.807) is 0 Å². The maximum absolute atomic E-state index is 6.68. The van der Waals surface area contributed by atoms with Crippen LogP contribution in [0.5, 0.6) is 0 Å². The van der Waals surface area contributed by atoms with Crippen molar-refractivity contribution in [1.82, 2.24) is 0 Å². The Balaban J connectivity index is 1.04. The third kappa shape index (κ3) is 4.86. The summed E-state index contributed by atoms with van der Waals surface area (Å²) in [6, 6.07) is 67.4. The smallest absolute Gasteiger partial charge is 0.143 e. The van der Waals surface area contributed by atoms with Gasteiger partial charge in [-0.2, -0.15) is 0 Å². The van der Waals surface area contributed by atoms with E-state index < -0.39 is 0 Å². The molecule has 1 aliphatic carbocycles. The predicted molar refractivity (Wildman–Crippen MR) is 223 cm³/mol. The Bertz CT molecular complexity index is 2890. The summed E-state index contributed by atoms with van der Waals surface area (Å²) in [4.78, 5) is 7.57. The second kappa shape index (κ2) is 12.3. The highest BCUT2D eigenvalue weighted by molar-refractivity contribution is 6.18. The number of anilines is 3. The average molecular weight is 691 g/mol. The predicted octanol–water partition coefficient (Wildman–Crippen LogP) is 13.6. The van der Waals surface area contributed by atoms with Gasteiger partial charge in [0, 0.05) is 45.7 Å². The summed E-state index contributed by atoms with van der Waals surface area (Å²) in [6.45, 7) is 0.